The molecule has 1 unspecified atom stereocenters. The van der Waals surface area contributed by atoms with Gasteiger partial charge in [-0.3, -0.25) is 0 Å². The molecule has 0 saturated carbocycles. The largest absolute Gasteiger partial charge is 0.377 e. The van der Waals surface area contributed by atoms with Gasteiger partial charge in [0.05, 0.1) is 6.04 Å². The number of nitrogens with zero attached hydrogens (tertiary/aromatic N) is 1. The Kier molecular flexibility index (Phi) is 0.690. The summed E-state index contributed by atoms with van der Waals surface area (Å²) in [4.78, 5) is 2.31. The molecule has 0 aromatic rings. The Morgan fingerprint density at radius 1 is 1.88 bits per heavy atom. The molecule has 0 aromatic heterocycles. The van der Waals surface area contributed by atoms with Crippen LogP contribution < -0.4 is 5.32 Å². The van der Waals surface area contributed by atoms with Gasteiger partial charge in [0.15, 0.2) is 0 Å². The zero-order valence-corrected chi connectivity index (χ0v) is 5.02. The maximum atomic E-state index is 3.28. The minimum atomic E-state index is 0.716. The predicted octanol–water partition coefficient (Wildman–Crippen LogP) is -0.213. The van der Waals surface area contributed by atoms with E-state index in [2.05, 4.69) is 23.3 Å². The molecule has 8 heavy (non-hydrogen) atoms. The first-order valence-corrected chi connectivity index (χ1v) is 3.01. The van der Waals surface area contributed by atoms with Crippen molar-refractivity contribution in [2.24, 2.45) is 0 Å². The molecule has 2 heterocycles. The first-order chi connectivity index (χ1) is 3.86. The van der Waals surface area contributed by atoms with Gasteiger partial charge in [0.25, 0.3) is 0 Å². The molecule has 0 aliphatic carbocycles. The third kappa shape index (κ3) is 0.530. The molecular formula is C6H10N2. The van der Waals surface area contributed by atoms with Crippen molar-refractivity contribution in [2.45, 2.75) is 6.04 Å². The summed E-state index contributed by atoms with van der Waals surface area (Å²) in [6, 6.07) is 0.716. The van der Waals surface area contributed by atoms with E-state index >= 15 is 0 Å². The van der Waals surface area contributed by atoms with Crippen molar-refractivity contribution in [3.05, 3.63) is 11.8 Å². The van der Waals surface area contributed by atoms with Crippen molar-refractivity contribution in [3.63, 3.8) is 0 Å². The van der Waals surface area contributed by atoms with Gasteiger partial charge in [0, 0.05) is 18.8 Å². The smallest absolute Gasteiger partial charge is 0.0782 e. The average molecular weight is 110 g/mol. The van der Waals surface area contributed by atoms with Crippen LogP contribution in [0.25, 0.3) is 0 Å². The fraction of sp³-hybridized carbons (Fsp3) is 0.667. The topological polar surface area (TPSA) is 25.2 Å². The second-order valence-electron chi connectivity index (χ2n) is 2.58. The Morgan fingerprint density at radius 2 is 2.75 bits per heavy atom. The molecule has 0 bridgehead atoms. The average Bonchev–Trinajstić information content (AvgIpc) is 2.43. The Bertz CT molecular complexity index is 139. The fourth-order valence-electron chi connectivity index (χ4n) is 1.15. The number of fused-ring (bicyclic) bond motifs is 1. The summed E-state index contributed by atoms with van der Waals surface area (Å²) in [7, 11) is 2.15. The van der Waals surface area contributed by atoms with Crippen LogP contribution in [0.3, 0.4) is 0 Å². The van der Waals surface area contributed by atoms with E-state index in [-0.39, 0.29) is 0 Å². The molecule has 0 amide bonds. The zero-order chi connectivity index (χ0) is 5.56. The van der Waals surface area contributed by atoms with Gasteiger partial charge in [-0.25, -0.2) is 0 Å². The van der Waals surface area contributed by atoms with Gasteiger partial charge in [-0.15, -0.1) is 0 Å². The van der Waals surface area contributed by atoms with Crippen molar-refractivity contribution in [3.8, 4) is 0 Å². The second kappa shape index (κ2) is 1.26. The van der Waals surface area contributed by atoms with Crippen LogP contribution in [0, 0.1) is 0 Å². The van der Waals surface area contributed by atoms with Gasteiger partial charge in [-0.2, -0.15) is 0 Å². The number of likely N-dealkylation sites (N-methyl/N-ethyl adjacent to an activating group) is 1. The predicted molar refractivity (Wildman–Crippen MR) is 32.5 cm³/mol. The van der Waals surface area contributed by atoms with Crippen LogP contribution in [0.1, 0.15) is 0 Å². The number of hydrogen-bond donors (Lipinski definition) is 1. The van der Waals surface area contributed by atoms with E-state index in [0.717, 1.165) is 6.54 Å². The zero-order valence-electron chi connectivity index (χ0n) is 5.02. The van der Waals surface area contributed by atoms with Crippen LogP contribution in [0.5, 0.6) is 0 Å². The quantitative estimate of drug-likeness (QED) is 0.436. The summed E-state index contributed by atoms with van der Waals surface area (Å²) in [5, 5.41) is 3.28. The van der Waals surface area contributed by atoms with Crippen LogP contribution in [0.2, 0.25) is 0 Å². The summed E-state index contributed by atoms with van der Waals surface area (Å²) in [5.74, 6) is 0. The molecule has 44 valence electrons. The highest BCUT2D eigenvalue weighted by Gasteiger charge is 2.31. The molecule has 1 N–H and O–H groups in total. The van der Waals surface area contributed by atoms with Crippen LogP contribution in [0.4, 0.5) is 0 Å². The maximum absolute atomic E-state index is 3.28. The Balaban J connectivity index is 2.11. The van der Waals surface area contributed by atoms with Crippen molar-refractivity contribution >= 4 is 0 Å². The van der Waals surface area contributed by atoms with Crippen molar-refractivity contribution < 1.29 is 0 Å². The molecule has 2 nitrogen and oxygen atoms in total. The fourth-order valence-corrected chi connectivity index (χ4v) is 1.15. The number of rotatable bonds is 0. The highest BCUT2D eigenvalue weighted by molar-refractivity contribution is 5.28. The standard InChI is InChI=1S/C6H10N2/c1-8-3-2-5-6(4-8)7-5/h2,6-7H,3-4H2,1H3. The SMILES string of the molecule is CN1CC=C2NC2C1. The lowest BCUT2D eigenvalue weighted by atomic mass is 10.3. The van der Waals surface area contributed by atoms with E-state index in [1.165, 1.54) is 12.2 Å². The van der Waals surface area contributed by atoms with Crippen LogP contribution in [-0.2, 0) is 0 Å². The molecule has 2 heteroatoms. The van der Waals surface area contributed by atoms with Gasteiger partial charge in [-0.05, 0) is 13.1 Å². The molecular weight excluding hydrogens is 100 g/mol. The Morgan fingerprint density at radius 3 is 3.38 bits per heavy atom. The molecule has 0 radical (unpaired) electrons. The lowest BCUT2D eigenvalue weighted by molar-refractivity contribution is 0.367. The Labute approximate surface area is 49.2 Å². The van der Waals surface area contributed by atoms with E-state index < -0.39 is 0 Å². The van der Waals surface area contributed by atoms with E-state index in [9.17, 15) is 0 Å². The highest BCUT2D eigenvalue weighted by atomic mass is 15.2. The van der Waals surface area contributed by atoms with Gasteiger partial charge in [0.1, 0.15) is 0 Å². The van der Waals surface area contributed by atoms with Crippen molar-refractivity contribution in [1.82, 2.24) is 10.2 Å². The van der Waals surface area contributed by atoms with E-state index in [1.807, 2.05) is 0 Å². The molecule has 2 aliphatic rings. The maximum Gasteiger partial charge on any atom is 0.0782 e. The second-order valence-corrected chi connectivity index (χ2v) is 2.58. The molecule has 1 atom stereocenters. The lowest BCUT2D eigenvalue weighted by Gasteiger charge is -2.13. The minimum absolute atomic E-state index is 0.716. The third-order valence-corrected chi connectivity index (χ3v) is 1.75. The van der Waals surface area contributed by atoms with Crippen LogP contribution >= 0.6 is 0 Å². The first kappa shape index (κ1) is 4.39. The monoisotopic (exact) mass is 110 g/mol. The molecule has 2 rings (SSSR count). The lowest BCUT2D eigenvalue weighted by Crippen LogP contribution is -2.26. The third-order valence-electron chi connectivity index (χ3n) is 1.75. The molecule has 0 aromatic carbocycles. The summed E-state index contributed by atoms with van der Waals surface area (Å²) < 4.78 is 0. The van der Waals surface area contributed by atoms with Gasteiger partial charge in [-0.1, -0.05) is 0 Å². The summed E-state index contributed by atoms with van der Waals surface area (Å²) in [5.41, 5.74) is 1.46. The van der Waals surface area contributed by atoms with Crippen LogP contribution in [0.15, 0.2) is 11.8 Å². The normalized spacial score (nSPS) is 35.1. The van der Waals surface area contributed by atoms with E-state index in [1.54, 1.807) is 0 Å². The summed E-state index contributed by atoms with van der Waals surface area (Å²) >= 11 is 0. The number of hydrogen-bond acceptors (Lipinski definition) is 2. The van der Waals surface area contributed by atoms with Crippen molar-refractivity contribution in [1.29, 1.82) is 0 Å². The first-order valence-electron chi connectivity index (χ1n) is 3.01. The van der Waals surface area contributed by atoms with E-state index in [4.69, 9.17) is 0 Å². The Hall–Kier alpha value is -0.500. The molecule has 2 aliphatic heterocycles. The molecule has 0 spiro atoms. The van der Waals surface area contributed by atoms with Gasteiger partial charge >= 0.3 is 0 Å². The highest BCUT2D eigenvalue weighted by Crippen LogP contribution is 2.19. The molecule has 1 fully saturated rings. The van der Waals surface area contributed by atoms with Crippen LogP contribution in [-0.4, -0.2) is 31.1 Å². The van der Waals surface area contributed by atoms with Gasteiger partial charge in [0.2, 0.25) is 0 Å². The summed E-state index contributed by atoms with van der Waals surface area (Å²) in [6.07, 6.45) is 2.26. The number of nitrogens with one attached hydrogen (secondary N) is 1. The minimum Gasteiger partial charge on any atom is -0.377 e. The van der Waals surface area contributed by atoms with Crippen molar-refractivity contribution in [2.75, 3.05) is 20.1 Å². The molecule has 1 saturated heterocycles. The van der Waals surface area contributed by atoms with E-state index in [0.29, 0.717) is 6.04 Å². The van der Waals surface area contributed by atoms with Gasteiger partial charge < -0.3 is 10.2 Å². The summed E-state index contributed by atoms with van der Waals surface area (Å²) in [6.45, 7) is 2.32.